The van der Waals surface area contributed by atoms with E-state index in [0.717, 1.165) is 5.56 Å². The van der Waals surface area contributed by atoms with Gasteiger partial charge < -0.3 is 14.8 Å². The molecule has 0 radical (unpaired) electrons. The molecule has 1 aromatic heterocycles. The van der Waals surface area contributed by atoms with E-state index in [0.29, 0.717) is 23.0 Å². The number of rotatable bonds is 5. The van der Waals surface area contributed by atoms with Crippen molar-refractivity contribution in [1.82, 2.24) is 14.8 Å². The summed E-state index contributed by atoms with van der Waals surface area (Å²) >= 11 is 0. The van der Waals surface area contributed by atoms with Crippen LogP contribution in [0.2, 0.25) is 0 Å². The largest absolute Gasteiger partial charge is 0.497 e. The van der Waals surface area contributed by atoms with E-state index >= 15 is 0 Å². The van der Waals surface area contributed by atoms with Gasteiger partial charge in [0.2, 0.25) is 17.8 Å². The van der Waals surface area contributed by atoms with Crippen LogP contribution in [0.5, 0.6) is 11.5 Å². The SMILES string of the molecule is COc1ccc(-c2nc3n(n2)[C@@H](C(=O)Nc2cccc(OC)c2)CC(=O)N3)cc1. The third-order valence-electron chi connectivity index (χ3n) is 4.54. The number of aromatic nitrogens is 3. The molecule has 2 aromatic carbocycles. The van der Waals surface area contributed by atoms with Crippen LogP contribution in [0.1, 0.15) is 12.5 Å². The molecular formula is C20H19N5O4. The van der Waals surface area contributed by atoms with Crippen LogP contribution in [0.3, 0.4) is 0 Å². The Bertz CT molecular complexity index is 1060. The van der Waals surface area contributed by atoms with Crippen LogP contribution < -0.4 is 20.1 Å². The molecule has 9 heteroatoms. The lowest BCUT2D eigenvalue weighted by molar-refractivity contribution is -0.125. The van der Waals surface area contributed by atoms with Crippen molar-refractivity contribution in [3.8, 4) is 22.9 Å². The van der Waals surface area contributed by atoms with Crippen molar-refractivity contribution in [2.45, 2.75) is 12.5 Å². The second kappa shape index (κ2) is 7.63. The molecule has 0 saturated carbocycles. The Balaban J connectivity index is 1.61. The van der Waals surface area contributed by atoms with Gasteiger partial charge in [-0.05, 0) is 36.4 Å². The molecule has 1 aliphatic heterocycles. The van der Waals surface area contributed by atoms with Crippen LogP contribution in [-0.4, -0.2) is 40.8 Å². The number of fused-ring (bicyclic) bond motifs is 1. The minimum Gasteiger partial charge on any atom is -0.497 e. The smallest absolute Gasteiger partial charge is 0.249 e. The first-order chi connectivity index (χ1) is 14.1. The number of ether oxygens (including phenoxy) is 2. The van der Waals surface area contributed by atoms with Crippen molar-refractivity contribution in [2.75, 3.05) is 24.9 Å². The summed E-state index contributed by atoms with van der Waals surface area (Å²) in [6.07, 6.45) is -0.0335. The number of benzene rings is 2. The summed E-state index contributed by atoms with van der Waals surface area (Å²) in [7, 11) is 3.14. The van der Waals surface area contributed by atoms with E-state index in [4.69, 9.17) is 9.47 Å². The van der Waals surface area contributed by atoms with Crippen LogP contribution in [0.25, 0.3) is 11.4 Å². The first kappa shape index (κ1) is 18.5. The average molecular weight is 393 g/mol. The predicted molar refractivity (Wildman–Crippen MR) is 106 cm³/mol. The summed E-state index contributed by atoms with van der Waals surface area (Å²) < 4.78 is 11.8. The monoisotopic (exact) mass is 393 g/mol. The van der Waals surface area contributed by atoms with Gasteiger partial charge in [0.25, 0.3) is 0 Å². The Labute approximate surface area is 166 Å². The molecule has 3 aromatic rings. The second-order valence-corrected chi connectivity index (χ2v) is 6.42. The van der Waals surface area contributed by atoms with Gasteiger partial charge in [0, 0.05) is 17.3 Å². The van der Waals surface area contributed by atoms with Gasteiger partial charge in [-0.25, -0.2) is 4.68 Å². The Morgan fingerprint density at radius 2 is 1.90 bits per heavy atom. The molecule has 0 saturated heterocycles. The van der Waals surface area contributed by atoms with E-state index in [-0.39, 0.29) is 24.2 Å². The number of anilines is 2. The quantitative estimate of drug-likeness (QED) is 0.690. The summed E-state index contributed by atoms with van der Waals surface area (Å²) in [6, 6.07) is 13.4. The number of nitrogens with one attached hydrogen (secondary N) is 2. The van der Waals surface area contributed by atoms with Crippen LogP contribution in [0.15, 0.2) is 48.5 Å². The molecule has 9 nitrogen and oxygen atoms in total. The fraction of sp³-hybridized carbons (Fsp3) is 0.200. The maximum Gasteiger partial charge on any atom is 0.249 e. The van der Waals surface area contributed by atoms with E-state index < -0.39 is 6.04 Å². The van der Waals surface area contributed by atoms with Crippen LogP contribution in [0, 0.1) is 0 Å². The molecule has 2 amide bonds. The van der Waals surface area contributed by atoms with E-state index in [1.165, 1.54) is 4.68 Å². The van der Waals surface area contributed by atoms with Gasteiger partial charge >= 0.3 is 0 Å². The zero-order valence-electron chi connectivity index (χ0n) is 15.9. The highest BCUT2D eigenvalue weighted by molar-refractivity contribution is 6.00. The van der Waals surface area contributed by atoms with Gasteiger partial charge in [-0.1, -0.05) is 6.07 Å². The Hall–Kier alpha value is -3.88. The fourth-order valence-electron chi connectivity index (χ4n) is 3.06. The maximum absolute atomic E-state index is 12.9. The second-order valence-electron chi connectivity index (χ2n) is 6.42. The van der Waals surface area contributed by atoms with Gasteiger partial charge in [0.15, 0.2) is 5.82 Å². The van der Waals surface area contributed by atoms with Crippen LogP contribution in [0.4, 0.5) is 11.6 Å². The van der Waals surface area contributed by atoms with Crippen molar-refractivity contribution in [1.29, 1.82) is 0 Å². The Morgan fingerprint density at radius 3 is 2.62 bits per heavy atom. The van der Waals surface area contributed by atoms with Crippen molar-refractivity contribution >= 4 is 23.5 Å². The van der Waals surface area contributed by atoms with E-state index in [1.54, 1.807) is 50.6 Å². The molecule has 1 atom stereocenters. The molecule has 148 valence electrons. The lowest BCUT2D eigenvalue weighted by atomic mass is 10.1. The van der Waals surface area contributed by atoms with Gasteiger partial charge in [-0.2, -0.15) is 4.98 Å². The van der Waals surface area contributed by atoms with E-state index in [9.17, 15) is 9.59 Å². The molecule has 2 N–H and O–H groups in total. The fourth-order valence-corrected chi connectivity index (χ4v) is 3.06. The molecule has 2 heterocycles. The summed E-state index contributed by atoms with van der Waals surface area (Å²) in [4.78, 5) is 29.4. The van der Waals surface area contributed by atoms with Crippen molar-refractivity contribution < 1.29 is 19.1 Å². The van der Waals surface area contributed by atoms with E-state index in [1.807, 2.05) is 12.1 Å². The number of carbonyl (C=O) groups excluding carboxylic acids is 2. The summed E-state index contributed by atoms with van der Waals surface area (Å²) in [5.41, 5.74) is 1.31. The molecule has 0 spiro atoms. The average Bonchev–Trinajstić information content (AvgIpc) is 3.17. The van der Waals surface area contributed by atoms with Crippen LogP contribution >= 0.6 is 0 Å². The van der Waals surface area contributed by atoms with Crippen LogP contribution in [-0.2, 0) is 9.59 Å². The number of methoxy groups -OCH3 is 2. The highest BCUT2D eigenvalue weighted by Gasteiger charge is 2.33. The molecule has 0 bridgehead atoms. The molecule has 0 aliphatic carbocycles. The summed E-state index contributed by atoms with van der Waals surface area (Å²) in [5, 5.41) is 9.93. The standard InChI is InChI=1S/C20H19N5O4/c1-28-14-8-6-12(7-9-14)18-23-20-22-17(26)11-16(25(20)24-18)19(27)21-13-4-3-5-15(10-13)29-2/h3-10,16H,11H2,1-2H3,(H,21,27)(H,22,23,24,26)/t16-/m1/s1. The lowest BCUT2D eigenvalue weighted by Crippen LogP contribution is -2.36. The number of nitrogens with zero attached hydrogens (tertiary/aromatic N) is 3. The first-order valence-corrected chi connectivity index (χ1v) is 8.93. The summed E-state index contributed by atoms with van der Waals surface area (Å²) in [6.45, 7) is 0. The van der Waals surface area contributed by atoms with Crippen molar-refractivity contribution in [3.63, 3.8) is 0 Å². The zero-order chi connectivity index (χ0) is 20.4. The minimum absolute atomic E-state index is 0.0335. The molecular weight excluding hydrogens is 374 g/mol. The predicted octanol–water partition coefficient (Wildman–Crippen LogP) is 2.48. The molecule has 4 rings (SSSR count). The maximum atomic E-state index is 12.9. The van der Waals surface area contributed by atoms with Gasteiger partial charge in [0.05, 0.1) is 20.6 Å². The van der Waals surface area contributed by atoms with Gasteiger partial charge in [-0.15, -0.1) is 5.10 Å². The third-order valence-corrected chi connectivity index (χ3v) is 4.54. The Kier molecular flexibility index (Phi) is 4.86. The zero-order valence-corrected chi connectivity index (χ0v) is 15.9. The molecule has 1 aliphatic rings. The number of carbonyl (C=O) groups is 2. The topological polar surface area (TPSA) is 107 Å². The third kappa shape index (κ3) is 3.75. The first-order valence-electron chi connectivity index (χ1n) is 8.93. The van der Waals surface area contributed by atoms with Crippen molar-refractivity contribution in [3.05, 3.63) is 48.5 Å². The minimum atomic E-state index is -0.815. The lowest BCUT2D eigenvalue weighted by Gasteiger charge is -2.22. The highest BCUT2D eigenvalue weighted by Crippen LogP contribution is 2.28. The van der Waals surface area contributed by atoms with Gasteiger partial charge in [-0.3, -0.25) is 14.9 Å². The van der Waals surface area contributed by atoms with E-state index in [2.05, 4.69) is 20.7 Å². The number of amides is 2. The number of hydrogen-bond donors (Lipinski definition) is 2. The normalized spacial score (nSPS) is 15.2. The number of hydrogen-bond acceptors (Lipinski definition) is 6. The molecule has 29 heavy (non-hydrogen) atoms. The van der Waals surface area contributed by atoms with Gasteiger partial charge in [0.1, 0.15) is 17.5 Å². The Morgan fingerprint density at radius 1 is 1.14 bits per heavy atom. The van der Waals surface area contributed by atoms with Crippen molar-refractivity contribution in [2.24, 2.45) is 0 Å². The molecule has 0 unspecified atom stereocenters. The molecule has 0 fully saturated rings. The summed E-state index contributed by atoms with van der Waals surface area (Å²) in [5.74, 6) is 1.31. The highest BCUT2D eigenvalue weighted by atomic mass is 16.5.